The Bertz CT molecular complexity index is 1040. The van der Waals surface area contributed by atoms with Crippen molar-refractivity contribution in [2.24, 2.45) is 10.9 Å². The highest BCUT2D eigenvalue weighted by Gasteiger charge is 2.43. The number of carbonyl (C=O) groups is 1. The molecule has 7 nitrogen and oxygen atoms in total. The van der Waals surface area contributed by atoms with Crippen molar-refractivity contribution >= 4 is 51.6 Å². The van der Waals surface area contributed by atoms with Crippen molar-refractivity contribution in [3.63, 3.8) is 0 Å². The fourth-order valence-electron chi connectivity index (χ4n) is 3.68. The van der Waals surface area contributed by atoms with Gasteiger partial charge in [-0.3, -0.25) is 20.5 Å². The molecule has 9 heteroatoms. The fourth-order valence-corrected chi connectivity index (χ4v) is 4.65. The second-order valence-electron chi connectivity index (χ2n) is 7.82. The number of aliphatic imine (C=N–C) groups is 1. The van der Waals surface area contributed by atoms with E-state index in [1.165, 1.54) is 11.8 Å². The van der Waals surface area contributed by atoms with Crippen molar-refractivity contribution in [1.82, 2.24) is 10.9 Å². The van der Waals surface area contributed by atoms with Gasteiger partial charge in [0.2, 0.25) is 5.91 Å². The summed E-state index contributed by atoms with van der Waals surface area (Å²) in [7, 11) is 0. The zero-order chi connectivity index (χ0) is 22.1. The standard InChI is InChI=1S/C22H25ClN6OS/c1-12-4-6-15(7-5-12)25-18(30)11-31-22-26-21-19(14(3)27-28-21)20(24)29(22)16-8-9-17(23)13(2)10-16/h4-10,14,19,21,24,27-28H,11H2,1-3H3,(H,25,30). The second-order valence-corrected chi connectivity index (χ2v) is 9.17. The van der Waals surface area contributed by atoms with Crippen LogP contribution in [0.25, 0.3) is 0 Å². The smallest absolute Gasteiger partial charge is 0.234 e. The number of carbonyl (C=O) groups excluding carboxylic acids is 1. The van der Waals surface area contributed by atoms with E-state index in [2.05, 4.69) is 16.2 Å². The number of rotatable bonds is 4. The quantitative estimate of drug-likeness (QED) is 0.559. The molecule has 2 aromatic rings. The number of nitrogens with one attached hydrogen (secondary N) is 4. The highest BCUT2D eigenvalue weighted by molar-refractivity contribution is 8.14. The van der Waals surface area contributed by atoms with Crippen LogP contribution in [-0.2, 0) is 4.79 Å². The Hall–Kier alpha value is -2.39. The van der Waals surface area contributed by atoms with Gasteiger partial charge in [-0.1, -0.05) is 41.1 Å². The van der Waals surface area contributed by atoms with Gasteiger partial charge in [-0.2, -0.15) is 0 Å². The van der Waals surface area contributed by atoms with Crippen molar-refractivity contribution in [2.75, 3.05) is 16.0 Å². The van der Waals surface area contributed by atoms with Gasteiger partial charge in [0.1, 0.15) is 12.0 Å². The first-order valence-electron chi connectivity index (χ1n) is 10.1. The van der Waals surface area contributed by atoms with Gasteiger partial charge in [0.05, 0.1) is 11.7 Å². The van der Waals surface area contributed by atoms with Gasteiger partial charge in [0, 0.05) is 22.4 Å². The third-order valence-electron chi connectivity index (χ3n) is 5.40. The largest absolute Gasteiger partial charge is 0.325 e. The van der Waals surface area contributed by atoms with Gasteiger partial charge in [-0.05, 0) is 56.7 Å². The monoisotopic (exact) mass is 456 g/mol. The molecule has 0 bridgehead atoms. The predicted molar refractivity (Wildman–Crippen MR) is 129 cm³/mol. The normalized spacial score (nSPS) is 22.8. The highest BCUT2D eigenvalue weighted by atomic mass is 35.5. The summed E-state index contributed by atoms with van der Waals surface area (Å²) in [6, 6.07) is 13.4. The van der Waals surface area contributed by atoms with E-state index < -0.39 is 0 Å². The van der Waals surface area contributed by atoms with Crippen LogP contribution in [0, 0.1) is 25.2 Å². The summed E-state index contributed by atoms with van der Waals surface area (Å²) in [5.41, 5.74) is 9.96. The third kappa shape index (κ3) is 4.62. The van der Waals surface area contributed by atoms with Crippen molar-refractivity contribution in [3.8, 4) is 0 Å². The molecule has 0 aromatic heterocycles. The van der Waals surface area contributed by atoms with E-state index in [0.717, 1.165) is 22.5 Å². The molecule has 0 saturated carbocycles. The van der Waals surface area contributed by atoms with Crippen molar-refractivity contribution in [1.29, 1.82) is 5.41 Å². The van der Waals surface area contributed by atoms with Gasteiger partial charge >= 0.3 is 0 Å². The average molecular weight is 457 g/mol. The summed E-state index contributed by atoms with van der Waals surface area (Å²) in [4.78, 5) is 19.2. The van der Waals surface area contributed by atoms with E-state index in [0.29, 0.717) is 16.0 Å². The van der Waals surface area contributed by atoms with Crippen molar-refractivity contribution in [3.05, 3.63) is 58.6 Å². The number of fused-ring (bicyclic) bond motifs is 1. The molecule has 0 radical (unpaired) electrons. The molecule has 4 rings (SSSR count). The van der Waals surface area contributed by atoms with E-state index in [1.807, 2.05) is 68.1 Å². The lowest BCUT2D eigenvalue weighted by atomic mass is 9.97. The van der Waals surface area contributed by atoms with Crippen LogP contribution in [0.5, 0.6) is 0 Å². The number of hydrazine groups is 1. The molecule has 2 heterocycles. The number of thioether (sulfide) groups is 1. The molecule has 31 heavy (non-hydrogen) atoms. The molecule has 4 N–H and O–H groups in total. The zero-order valence-corrected chi connectivity index (χ0v) is 19.1. The van der Waals surface area contributed by atoms with Crippen LogP contribution in [0.2, 0.25) is 5.02 Å². The number of hydrogen-bond donors (Lipinski definition) is 4. The molecular weight excluding hydrogens is 432 g/mol. The lowest BCUT2D eigenvalue weighted by Crippen LogP contribution is -2.50. The molecule has 162 valence electrons. The minimum absolute atomic E-state index is 0.0635. The lowest BCUT2D eigenvalue weighted by Gasteiger charge is -2.36. The highest BCUT2D eigenvalue weighted by Crippen LogP contribution is 2.33. The molecule has 0 aliphatic carbocycles. The maximum Gasteiger partial charge on any atom is 0.234 e. The first kappa shape index (κ1) is 21.8. The van der Waals surface area contributed by atoms with E-state index in [1.54, 1.807) is 0 Å². The van der Waals surface area contributed by atoms with Crippen LogP contribution < -0.4 is 21.1 Å². The Morgan fingerprint density at radius 2 is 1.97 bits per heavy atom. The van der Waals surface area contributed by atoms with Gasteiger partial charge in [0.15, 0.2) is 5.17 Å². The molecule has 2 aromatic carbocycles. The maximum absolute atomic E-state index is 12.5. The van der Waals surface area contributed by atoms with Crippen LogP contribution in [0.4, 0.5) is 11.4 Å². The third-order valence-corrected chi connectivity index (χ3v) is 6.78. The number of halogens is 1. The summed E-state index contributed by atoms with van der Waals surface area (Å²) >= 11 is 7.53. The zero-order valence-electron chi connectivity index (χ0n) is 17.6. The van der Waals surface area contributed by atoms with Gasteiger partial charge < -0.3 is 5.32 Å². The number of nitrogens with zero attached hydrogens (tertiary/aromatic N) is 2. The topological polar surface area (TPSA) is 92.6 Å². The van der Waals surface area contributed by atoms with Crippen LogP contribution in [0.15, 0.2) is 47.5 Å². The number of aryl methyl sites for hydroxylation is 2. The van der Waals surface area contributed by atoms with Crippen LogP contribution >= 0.6 is 23.4 Å². The second kappa shape index (κ2) is 9.00. The Kier molecular flexibility index (Phi) is 6.34. The number of hydrogen-bond acceptors (Lipinski definition) is 6. The summed E-state index contributed by atoms with van der Waals surface area (Å²) in [6.07, 6.45) is -0.241. The molecular formula is C22H25ClN6OS. The van der Waals surface area contributed by atoms with E-state index in [-0.39, 0.29) is 29.8 Å². The van der Waals surface area contributed by atoms with Gasteiger partial charge in [-0.15, -0.1) is 0 Å². The Morgan fingerprint density at radius 3 is 2.68 bits per heavy atom. The fraction of sp³-hybridized carbons (Fsp3) is 0.318. The maximum atomic E-state index is 12.5. The summed E-state index contributed by atoms with van der Waals surface area (Å²) < 4.78 is 0. The molecule has 3 unspecified atom stereocenters. The molecule has 0 spiro atoms. The van der Waals surface area contributed by atoms with Crippen molar-refractivity contribution in [2.45, 2.75) is 33.0 Å². The number of amides is 1. The average Bonchev–Trinajstić information content (AvgIpc) is 3.11. The van der Waals surface area contributed by atoms with Gasteiger partial charge in [-0.25, -0.2) is 10.4 Å². The van der Waals surface area contributed by atoms with Crippen LogP contribution in [0.3, 0.4) is 0 Å². The Balaban J connectivity index is 1.55. The number of benzene rings is 2. The van der Waals surface area contributed by atoms with Crippen LogP contribution in [-0.4, -0.2) is 34.9 Å². The van der Waals surface area contributed by atoms with Crippen molar-refractivity contribution < 1.29 is 4.79 Å². The summed E-state index contributed by atoms with van der Waals surface area (Å²) in [5, 5.41) is 13.1. The number of anilines is 2. The summed E-state index contributed by atoms with van der Waals surface area (Å²) in [5.74, 6) is 0.391. The predicted octanol–water partition coefficient (Wildman–Crippen LogP) is 3.92. The van der Waals surface area contributed by atoms with E-state index in [9.17, 15) is 4.79 Å². The van der Waals surface area contributed by atoms with E-state index >= 15 is 0 Å². The molecule has 2 aliphatic rings. The van der Waals surface area contributed by atoms with Gasteiger partial charge in [0.25, 0.3) is 0 Å². The molecule has 1 saturated heterocycles. The summed E-state index contributed by atoms with van der Waals surface area (Å²) in [6.45, 7) is 5.97. The molecule has 2 aliphatic heterocycles. The minimum Gasteiger partial charge on any atom is -0.325 e. The minimum atomic E-state index is -0.241. The first-order chi connectivity index (χ1) is 14.8. The van der Waals surface area contributed by atoms with Crippen LogP contribution in [0.1, 0.15) is 18.1 Å². The lowest BCUT2D eigenvalue weighted by molar-refractivity contribution is -0.113. The first-order valence-corrected chi connectivity index (χ1v) is 11.4. The molecule has 1 amide bonds. The molecule has 3 atom stereocenters. The van der Waals surface area contributed by atoms with E-state index in [4.69, 9.17) is 22.0 Å². The molecule has 1 fully saturated rings. The Labute approximate surface area is 191 Å². The SMILES string of the molecule is Cc1ccc(NC(=O)CSC2=NC3NNC(C)C3C(=N)N2c2ccc(Cl)c(C)c2)cc1. The Morgan fingerprint density at radius 1 is 1.23 bits per heavy atom. The number of amidine groups is 2.